The molecule has 1 aromatic heterocycles. The van der Waals surface area contributed by atoms with Crippen LogP contribution in [0.4, 0.5) is 0 Å². The first kappa shape index (κ1) is 22.4. The van der Waals surface area contributed by atoms with Gasteiger partial charge in [-0.3, -0.25) is 14.7 Å². The van der Waals surface area contributed by atoms with Gasteiger partial charge in [-0.1, -0.05) is 55.5 Å². The van der Waals surface area contributed by atoms with Gasteiger partial charge in [0.05, 0.1) is 30.4 Å². The largest absolute Gasteiger partial charge is 0.465 e. The summed E-state index contributed by atoms with van der Waals surface area (Å²) in [5.41, 5.74) is 3.56. The third-order valence-corrected chi connectivity index (χ3v) is 5.06. The van der Waals surface area contributed by atoms with Gasteiger partial charge in [0.2, 0.25) is 5.91 Å². The summed E-state index contributed by atoms with van der Waals surface area (Å²) >= 11 is 0. The van der Waals surface area contributed by atoms with Crippen LogP contribution in [0.2, 0.25) is 0 Å². The predicted molar refractivity (Wildman–Crippen MR) is 123 cm³/mol. The minimum Gasteiger partial charge on any atom is -0.465 e. The smallest absolute Gasteiger partial charge is 0.340 e. The van der Waals surface area contributed by atoms with Crippen molar-refractivity contribution in [2.75, 3.05) is 20.2 Å². The van der Waals surface area contributed by atoms with E-state index in [9.17, 15) is 9.59 Å². The van der Waals surface area contributed by atoms with Gasteiger partial charge in [0.25, 0.3) is 0 Å². The fourth-order valence-corrected chi connectivity index (χ4v) is 3.67. The van der Waals surface area contributed by atoms with Crippen molar-refractivity contribution in [3.63, 3.8) is 0 Å². The lowest BCUT2D eigenvalue weighted by Gasteiger charge is -2.23. The number of nitrogens with zero attached hydrogens (tertiary/aromatic N) is 2. The zero-order valence-electron chi connectivity index (χ0n) is 18.5. The number of methoxy groups -OCH3 is 1. The van der Waals surface area contributed by atoms with E-state index in [4.69, 9.17) is 9.72 Å². The quantitative estimate of drug-likeness (QED) is 0.558. The molecule has 0 fully saturated rings. The number of hydrogen-bond acceptors (Lipinski definition) is 5. The summed E-state index contributed by atoms with van der Waals surface area (Å²) in [6.45, 7) is 7.07. The molecule has 6 nitrogen and oxygen atoms in total. The van der Waals surface area contributed by atoms with Crippen molar-refractivity contribution in [2.45, 2.75) is 33.4 Å². The molecule has 31 heavy (non-hydrogen) atoms. The summed E-state index contributed by atoms with van der Waals surface area (Å²) in [6.07, 6.45) is 0. The number of carbonyl (C=O) groups excluding carboxylic acids is 2. The molecule has 1 N–H and O–H groups in total. The molecule has 162 valence electrons. The summed E-state index contributed by atoms with van der Waals surface area (Å²) < 4.78 is 5.16. The number of rotatable bonds is 8. The van der Waals surface area contributed by atoms with Crippen LogP contribution in [0.5, 0.6) is 0 Å². The molecule has 0 saturated heterocycles. The van der Waals surface area contributed by atoms with Gasteiger partial charge in [-0.05, 0) is 32.0 Å². The van der Waals surface area contributed by atoms with Crippen molar-refractivity contribution in [1.29, 1.82) is 0 Å². The van der Waals surface area contributed by atoms with Crippen LogP contribution in [0.15, 0.2) is 54.6 Å². The highest BCUT2D eigenvalue weighted by atomic mass is 16.5. The number of benzene rings is 2. The Hall–Kier alpha value is -3.25. The summed E-state index contributed by atoms with van der Waals surface area (Å²) in [4.78, 5) is 32.1. The normalized spacial score (nSPS) is 11.2. The second-order valence-corrected chi connectivity index (χ2v) is 7.71. The molecule has 6 heteroatoms. The Morgan fingerprint density at radius 1 is 1.06 bits per heavy atom. The molecule has 0 radical (unpaired) electrons. The van der Waals surface area contributed by atoms with E-state index >= 15 is 0 Å². The van der Waals surface area contributed by atoms with Crippen LogP contribution in [0.25, 0.3) is 22.0 Å². The van der Waals surface area contributed by atoms with E-state index in [0.717, 1.165) is 22.0 Å². The molecule has 1 heterocycles. The zero-order chi connectivity index (χ0) is 22.4. The Labute approximate surface area is 183 Å². The number of carbonyl (C=O) groups is 2. The number of aromatic nitrogens is 1. The standard InChI is InChI=1S/C25H29N3O3/c1-5-28(16-22(29)26-17(2)3)15-21-24(25(30)31-4)23(18-11-7-6-8-12-18)19-13-9-10-14-20(19)27-21/h6-14,17H,5,15-16H2,1-4H3,(H,26,29). The number of para-hydroxylation sites is 1. The van der Waals surface area contributed by atoms with E-state index in [0.29, 0.717) is 24.3 Å². The molecule has 2 aromatic carbocycles. The molecular weight excluding hydrogens is 390 g/mol. The molecule has 0 aliphatic carbocycles. The maximum absolute atomic E-state index is 12.9. The minimum absolute atomic E-state index is 0.0551. The second kappa shape index (κ2) is 10.2. The van der Waals surface area contributed by atoms with Crippen molar-refractivity contribution in [3.05, 3.63) is 65.9 Å². The predicted octanol–water partition coefficient (Wildman–Crippen LogP) is 4.03. The maximum Gasteiger partial charge on any atom is 0.340 e. The Balaban J connectivity index is 2.14. The summed E-state index contributed by atoms with van der Waals surface area (Å²) in [6, 6.07) is 17.6. The lowest BCUT2D eigenvalue weighted by molar-refractivity contribution is -0.122. The average Bonchev–Trinajstić information content (AvgIpc) is 2.77. The minimum atomic E-state index is -0.435. The first-order chi connectivity index (χ1) is 14.9. The lowest BCUT2D eigenvalue weighted by Crippen LogP contribution is -2.40. The molecule has 0 aliphatic heterocycles. The molecular formula is C25H29N3O3. The monoisotopic (exact) mass is 419 g/mol. The van der Waals surface area contributed by atoms with Crippen LogP contribution < -0.4 is 5.32 Å². The van der Waals surface area contributed by atoms with E-state index in [2.05, 4.69) is 5.32 Å². The summed E-state index contributed by atoms with van der Waals surface area (Å²) in [5.74, 6) is -0.490. The van der Waals surface area contributed by atoms with Gasteiger partial charge in [-0.25, -0.2) is 4.79 Å². The number of nitrogens with one attached hydrogen (secondary N) is 1. The van der Waals surface area contributed by atoms with Gasteiger partial charge in [0.1, 0.15) is 0 Å². The summed E-state index contributed by atoms with van der Waals surface area (Å²) in [5, 5.41) is 3.80. The number of pyridine rings is 1. The van der Waals surface area contributed by atoms with Crippen molar-refractivity contribution < 1.29 is 14.3 Å². The van der Waals surface area contributed by atoms with E-state index in [1.165, 1.54) is 7.11 Å². The molecule has 0 atom stereocenters. The number of likely N-dealkylation sites (N-methyl/N-ethyl adjacent to an activating group) is 1. The topological polar surface area (TPSA) is 71.5 Å². The van der Waals surface area contributed by atoms with Crippen LogP contribution in [0.1, 0.15) is 36.8 Å². The molecule has 1 amide bonds. The number of fused-ring (bicyclic) bond motifs is 1. The molecule has 0 unspecified atom stereocenters. The Kier molecular flexibility index (Phi) is 7.36. The maximum atomic E-state index is 12.9. The first-order valence-corrected chi connectivity index (χ1v) is 10.5. The van der Waals surface area contributed by atoms with Gasteiger partial charge in [0.15, 0.2) is 0 Å². The number of ether oxygens (including phenoxy) is 1. The third kappa shape index (κ3) is 5.27. The van der Waals surface area contributed by atoms with Crippen molar-refractivity contribution in [1.82, 2.24) is 15.2 Å². The lowest BCUT2D eigenvalue weighted by atomic mass is 9.94. The molecule has 0 aliphatic rings. The Morgan fingerprint density at radius 3 is 2.39 bits per heavy atom. The average molecular weight is 420 g/mol. The molecule has 3 aromatic rings. The van der Waals surface area contributed by atoms with Crippen LogP contribution in [-0.2, 0) is 16.1 Å². The Morgan fingerprint density at radius 2 is 1.74 bits per heavy atom. The van der Waals surface area contributed by atoms with E-state index in [1.54, 1.807) is 0 Å². The van der Waals surface area contributed by atoms with Gasteiger partial charge in [-0.15, -0.1) is 0 Å². The number of hydrogen-bond donors (Lipinski definition) is 1. The van der Waals surface area contributed by atoms with Gasteiger partial charge < -0.3 is 10.1 Å². The van der Waals surface area contributed by atoms with Crippen molar-refractivity contribution in [3.8, 4) is 11.1 Å². The highest BCUT2D eigenvalue weighted by Crippen LogP contribution is 2.34. The highest BCUT2D eigenvalue weighted by Gasteiger charge is 2.24. The second-order valence-electron chi connectivity index (χ2n) is 7.71. The van der Waals surface area contributed by atoms with Crippen LogP contribution >= 0.6 is 0 Å². The zero-order valence-corrected chi connectivity index (χ0v) is 18.5. The van der Waals surface area contributed by atoms with Crippen molar-refractivity contribution in [2.24, 2.45) is 0 Å². The molecule has 3 rings (SSSR count). The first-order valence-electron chi connectivity index (χ1n) is 10.5. The fraction of sp³-hybridized carbons (Fsp3) is 0.320. The van der Waals surface area contributed by atoms with Gasteiger partial charge in [-0.2, -0.15) is 0 Å². The van der Waals surface area contributed by atoms with Crippen molar-refractivity contribution >= 4 is 22.8 Å². The van der Waals surface area contributed by atoms with Gasteiger partial charge >= 0.3 is 5.97 Å². The van der Waals surface area contributed by atoms with Crippen LogP contribution in [0, 0.1) is 0 Å². The number of esters is 1. The third-order valence-electron chi connectivity index (χ3n) is 5.06. The highest BCUT2D eigenvalue weighted by molar-refractivity contribution is 6.07. The summed E-state index contributed by atoms with van der Waals surface area (Å²) in [7, 11) is 1.38. The molecule has 0 bridgehead atoms. The van der Waals surface area contributed by atoms with Gasteiger partial charge in [0, 0.05) is 23.5 Å². The van der Waals surface area contributed by atoms with Crippen LogP contribution in [0.3, 0.4) is 0 Å². The van der Waals surface area contributed by atoms with E-state index in [-0.39, 0.29) is 18.5 Å². The fourth-order valence-electron chi connectivity index (χ4n) is 3.67. The Bertz CT molecular complexity index is 1060. The van der Waals surface area contributed by atoms with E-state index < -0.39 is 5.97 Å². The van der Waals surface area contributed by atoms with E-state index in [1.807, 2.05) is 80.3 Å². The SMILES string of the molecule is CCN(CC(=O)NC(C)C)Cc1nc2ccccc2c(-c2ccccc2)c1C(=O)OC. The molecule has 0 saturated carbocycles. The van der Waals surface area contributed by atoms with Crippen LogP contribution in [-0.4, -0.2) is 48.0 Å². The number of amides is 1. The molecule has 0 spiro atoms.